The van der Waals surface area contributed by atoms with Crippen molar-refractivity contribution >= 4 is 76.2 Å². The summed E-state index contributed by atoms with van der Waals surface area (Å²) in [6.07, 6.45) is 4.94. The zero-order valence-corrected chi connectivity index (χ0v) is 23.3. The number of benzene rings is 2. The molecule has 1 aromatic heterocycles. The molecule has 1 amide bonds. The minimum atomic E-state index is -1.10. The van der Waals surface area contributed by atoms with Gasteiger partial charge < -0.3 is 15.2 Å². The van der Waals surface area contributed by atoms with E-state index in [-0.39, 0.29) is 17.0 Å². The van der Waals surface area contributed by atoms with E-state index in [2.05, 4.69) is 21.9 Å². The van der Waals surface area contributed by atoms with Gasteiger partial charge in [-0.25, -0.2) is 9.78 Å². The summed E-state index contributed by atoms with van der Waals surface area (Å²) in [6.45, 7) is 0. The lowest BCUT2D eigenvalue weighted by Gasteiger charge is -2.17. The summed E-state index contributed by atoms with van der Waals surface area (Å²) in [7, 11) is 1.39. The number of ether oxygens (including phenoxy) is 2. The van der Waals surface area contributed by atoms with Gasteiger partial charge in [0, 0.05) is 22.6 Å². The Hall–Kier alpha value is -3.01. The zero-order chi connectivity index (χ0) is 27.3. The molecule has 200 valence electrons. The molecular formula is C28H29ClN2O5S2. The van der Waals surface area contributed by atoms with Crippen molar-refractivity contribution in [1.82, 2.24) is 4.98 Å². The highest BCUT2D eigenvalue weighted by molar-refractivity contribution is 8.16. The van der Waals surface area contributed by atoms with Gasteiger partial charge in [0.1, 0.15) is 0 Å². The van der Waals surface area contributed by atoms with Gasteiger partial charge >= 0.3 is 18.0 Å². The molecule has 1 unspecified atom stereocenters. The third kappa shape index (κ3) is 10.0. The normalized spacial score (nSPS) is 11.9. The molecule has 0 aliphatic carbocycles. The second kappa shape index (κ2) is 15.4. The Kier molecular flexibility index (Phi) is 12.0. The molecule has 0 fully saturated rings. The first-order chi connectivity index (χ1) is 18.3. The van der Waals surface area contributed by atoms with E-state index in [0.717, 1.165) is 46.3 Å². The Labute approximate surface area is 235 Å². The number of methoxy groups -OCH3 is 1. The summed E-state index contributed by atoms with van der Waals surface area (Å²) in [4.78, 5) is 38.6. The lowest BCUT2D eigenvalue weighted by atomic mass is 10.1. The van der Waals surface area contributed by atoms with Gasteiger partial charge in [-0.3, -0.25) is 9.59 Å². The van der Waals surface area contributed by atoms with Crippen molar-refractivity contribution in [3.05, 3.63) is 76.4 Å². The monoisotopic (exact) mass is 572 g/mol. The molecule has 0 radical (unpaired) electrons. The van der Waals surface area contributed by atoms with Gasteiger partial charge in [0.25, 0.3) is 0 Å². The number of carbonyl (C=O) groups is 3. The number of thioether (sulfide) groups is 2. The van der Waals surface area contributed by atoms with Crippen molar-refractivity contribution in [2.45, 2.75) is 30.3 Å². The SMILES string of the molecule is COC(=O)CCCCSC(SCCC(=O)OC(N)=O)c1cccc(C=Cc2ccc3ccc(Cl)cc3n2)c1. The number of nitrogens with zero attached hydrogens (tertiary/aromatic N) is 1. The van der Waals surface area contributed by atoms with Crippen LogP contribution in [0.4, 0.5) is 4.79 Å². The van der Waals surface area contributed by atoms with E-state index in [1.807, 2.05) is 54.6 Å². The van der Waals surface area contributed by atoms with E-state index in [9.17, 15) is 14.4 Å². The third-order valence-corrected chi connectivity index (χ3v) is 8.53. The molecule has 7 nitrogen and oxygen atoms in total. The number of hydrogen-bond donors (Lipinski definition) is 1. The molecule has 0 bridgehead atoms. The molecular weight excluding hydrogens is 544 g/mol. The molecule has 2 N–H and O–H groups in total. The summed E-state index contributed by atoms with van der Waals surface area (Å²) in [6, 6.07) is 17.8. The van der Waals surface area contributed by atoms with Crippen molar-refractivity contribution in [1.29, 1.82) is 0 Å². The first kappa shape index (κ1) is 29.5. The minimum absolute atomic E-state index is 0.0452. The van der Waals surface area contributed by atoms with Crippen LogP contribution in [-0.4, -0.2) is 41.6 Å². The topological polar surface area (TPSA) is 109 Å². The van der Waals surface area contributed by atoms with Crippen LogP contribution in [0.15, 0.2) is 54.6 Å². The highest BCUT2D eigenvalue weighted by Crippen LogP contribution is 2.40. The van der Waals surface area contributed by atoms with Gasteiger partial charge in [0.15, 0.2) is 0 Å². The quantitative estimate of drug-likeness (QED) is 0.102. The van der Waals surface area contributed by atoms with Crippen molar-refractivity contribution in [3.63, 3.8) is 0 Å². The average Bonchev–Trinajstić information content (AvgIpc) is 2.90. The molecule has 38 heavy (non-hydrogen) atoms. The second-order valence-corrected chi connectivity index (χ2v) is 11.4. The van der Waals surface area contributed by atoms with Gasteiger partial charge in [-0.2, -0.15) is 0 Å². The Morgan fingerprint density at radius 3 is 2.55 bits per heavy atom. The molecule has 0 saturated heterocycles. The van der Waals surface area contributed by atoms with E-state index < -0.39 is 12.1 Å². The van der Waals surface area contributed by atoms with Crippen LogP contribution in [0, 0.1) is 0 Å². The lowest BCUT2D eigenvalue weighted by molar-refractivity contribution is -0.140. The Balaban J connectivity index is 1.68. The first-order valence-electron chi connectivity index (χ1n) is 12.0. The number of pyridine rings is 1. The van der Waals surface area contributed by atoms with Crippen LogP contribution in [0.1, 0.15) is 47.1 Å². The van der Waals surface area contributed by atoms with E-state index in [4.69, 9.17) is 22.1 Å². The Bertz CT molecular complexity index is 1300. The number of unbranched alkanes of at least 4 members (excludes halogenated alkanes) is 1. The number of esters is 2. The summed E-state index contributed by atoms with van der Waals surface area (Å²) in [5, 5.41) is 1.67. The average molecular weight is 573 g/mol. The smallest absolute Gasteiger partial charge is 0.412 e. The Morgan fingerprint density at radius 2 is 1.76 bits per heavy atom. The maximum absolute atomic E-state index is 11.7. The number of carbonyl (C=O) groups excluding carboxylic acids is 3. The van der Waals surface area contributed by atoms with Gasteiger partial charge in [-0.1, -0.05) is 48.0 Å². The molecule has 0 aliphatic heterocycles. The van der Waals surface area contributed by atoms with Crippen LogP contribution in [-0.2, 0) is 19.1 Å². The first-order valence-corrected chi connectivity index (χ1v) is 14.5. The van der Waals surface area contributed by atoms with Crippen LogP contribution in [0.2, 0.25) is 5.02 Å². The summed E-state index contributed by atoms with van der Waals surface area (Å²) >= 11 is 9.45. The molecule has 2 aromatic carbocycles. The van der Waals surface area contributed by atoms with Crippen molar-refractivity contribution in [3.8, 4) is 0 Å². The predicted molar refractivity (Wildman–Crippen MR) is 156 cm³/mol. The van der Waals surface area contributed by atoms with Crippen LogP contribution < -0.4 is 5.73 Å². The zero-order valence-electron chi connectivity index (χ0n) is 20.9. The number of nitrogens with two attached hydrogens (primary N) is 1. The summed E-state index contributed by atoms with van der Waals surface area (Å²) in [5.74, 6) is 0.449. The van der Waals surface area contributed by atoms with E-state index in [0.29, 0.717) is 17.2 Å². The number of rotatable bonds is 13. The standard InChI is InChI=1S/C28H29ClN2O5S2/c1-35-25(32)7-2-3-15-37-27(38-16-14-26(33)36-28(30)34)21-6-4-5-19(17-21)8-12-23-13-10-20-9-11-22(29)18-24(20)31-23/h4-6,8-13,17-18,27H,2-3,7,14-16H2,1H3,(H2,30,34). The molecule has 0 saturated carbocycles. The number of halogens is 1. The molecule has 3 aromatic rings. The number of amides is 1. The highest BCUT2D eigenvalue weighted by atomic mass is 35.5. The molecule has 1 heterocycles. The van der Waals surface area contributed by atoms with Gasteiger partial charge in [0.05, 0.1) is 29.3 Å². The van der Waals surface area contributed by atoms with Crippen molar-refractivity contribution < 1.29 is 23.9 Å². The van der Waals surface area contributed by atoms with Crippen LogP contribution >= 0.6 is 35.1 Å². The van der Waals surface area contributed by atoms with E-state index in [1.54, 1.807) is 23.5 Å². The molecule has 1 atom stereocenters. The molecule has 0 spiro atoms. The molecule has 3 rings (SSSR count). The number of hydrogen-bond acceptors (Lipinski definition) is 8. The van der Waals surface area contributed by atoms with Crippen molar-refractivity contribution in [2.75, 3.05) is 18.6 Å². The van der Waals surface area contributed by atoms with Crippen LogP contribution in [0.5, 0.6) is 0 Å². The molecule has 0 aliphatic rings. The fraction of sp³-hybridized carbons (Fsp3) is 0.286. The van der Waals surface area contributed by atoms with E-state index >= 15 is 0 Å². The number of fused-ring (bicyclic) bond motifs is 1. The largest absolute Gasteiger partial charge is 0.469 e. The third-order valence-electron chi connectivity index (χ3n) is 5.37. The fourth-order valence-corrected chi connectivity index (χ4v) is 6.40. The van der Waals surface area contributed by atoms with Crippen LogP contribution in [0.3, 0.4) is 0 Å². The number of primary amides is 1. The second-order valence-electron chi connectivity index (χ2n) is 8.23. The van der Waals surface area contributed by atoms with Crippen LogP contribution in [0.25, 0.3) is 23.1 Å². The minimum Gasteiger partial charge on any atom is -0.469 e. The number of aromatic nitrogens is 1. The maximum Gasteiger partial charge on any atom is 0.412 e. The lowest BCUT2D eigenvalue weighted by Crippen LogP contribution is -2.18. The Morgan fingerprint density at radius 1 is 0.974 bits per heavy atom. The highest BCUT2D eigenvalue weighted by Gasteiger charge is 2.15. The van der Waals surface area contributed by atoms with Gasteiger partial charge in [0.2, 0.25) is 0 Å². The van der Waals surface area contributed by atoms with Gasteiger partial charge in [-0.15, -0.1) is 23.5 Å². The van der Waals surface area contributed by atoms with E-state index in [1.165, 1.54) is 7.11 Å². The molecule has 10 heteroatoms. The maximum atomic E-state index is 11.7. The fourth-order valence-electron chi connectivity index (χ4n) is 3.51. The van der Waals surface area contributed by atoms with Gasteiger partial charge in [-0.05, 0) is 60.1 Å². The summed E-state index contributed by atoms with van der Waals surface area (Å²) < 4.78 is 9.17. The predicted octanol–water partition coefficient (Wildman–Crippen LogP) is 6.88. The summed E-state index contributed by atoms with van der Waals surface area (Å²) in [5.41, 5.74) is 8.69. The van der Waals surface area contributed by atoms with Crippen molar-refractivity contribution in [2.24, 2.45) is 5.73 Å².